The summed E-state index contributed by atoms with van der Waals surface area (Å²) in [6.45, 7) is 1.48. The van der Waals surface area contributed by atoms with E-state index in [4.69, 9.17) is 4.84 Å². The third-order valence-electron chi connectivity index (χ3n) is 4.79. The Bertz CT molecular complexity index is 743. The van der Waals surface area contributed by atoms with Crippen molar-refractivity contribution in [2.75, 3.05) is 13.1 Å². The summed E-state index contributed by atoms with van der Waals surface area (Å²) in [5.41, 5.74) is 4.29. The van der Waals surface area contributed by atoms with Crippen molar-refractivity contribution in [3.63, 3.8) is 0 Å². The fraction of sp³-hybridized carbons (Fsp3) is 0.300. The largest absolute Gasteiger partial charge is 0.387 e. The summed E-state index contributed by atoms with van der Waals surface area (Å²) < 4.78 is 0. The Morgan fingerprint density at radius 1 is 0.958 bits per heavy atom. The van der Waals surface area contributed by atoms with E-state index in [1.165, 1.54) is 11.1 Å². The predicted octanol–water partition coefficient (Wildman–Crippen LogP) is 3.13. The third kappa shape index (κ3) is 2.92. The zero-order valence-corrected chi connectivity index (χ0v) is 13.5. The molecule has 0 aromatic heterocycles. The van der Waals surface area contributed by atoms with E-state index in [0.717, 1.165) is 31.5 Å². The number of rotatable bonds is 2. The molecule has 4 nitrogen and oxygen atoms in total. The van der Waals surface area contributed by atoms with E-state index in [-0.39, 0.29) is 12.0 Å². The van der Waals surface area contributed by atoms with E-state index in [2.05, 4.69) is 29.4 Å². The van der Waals surface area contributed by atoms with Gasteiger partial charge in [0.2, 0.25) is 0 Å². The number of hydrogen-bond donors (Lipinski definition) is 0. The molecule has 122 valence electrons. The van der Waals surface area contributed by atoms with E-state index < -0.39 is 0 Å². The number of fused-ring (bicyclic) bond motifs is 1. The van der Waals surface area contributed by atoms with Gasteiger partial charge in [0.25, 0.3) is 5.91 Å². The summed E-state index contributed by atoms with van der Waals surface area (Å²) in [6, 6.07) is 18.4. The van der Waals surface area contributed by atoms with Crippen molar-refractivity contribution in [1.82, 2.24) is 4.90 Å². The summed E-state index contributed by atoms with van der Waals surface area (Å²) in [5, 5.41) is 4.07. The number of carbonyl (C=O) groups is 1. The zero-order valence-electron chi connectivity index (χ0n) is 13.5. The van der Waals surface area contributed by atoms with Crippen LogP contribution >= 0.6 is 0 Å². The lowest BCUT2D eigenvalue weighted by atomic mass is 10.0. The Morgan fingerprint density at radius 2 is 1.58 bits per heavy atom. The monoisotopic (exact) mass is 320 g/mol. The van der Waals surface area contributed by atoms with E-state index in [1.807, 2.05) is 35.2 Å². The minimum Gasteiger partial charge on any atom is -0.387 e. The smallest absolute Gasteiger partial charge is 0.271 e. The fourth-order valence-corrected chi connectivity index (χ4v) is 3.40. The zero-order chi connectivity index (χ0) is 16.4. The van der Waals surface area contributed by atoms with Gasteiger partial charge in [-0.3, -0.25) is 4.79 Å². The van der Waals surface area contributed by atoms with Crippen LogP contribution in [0.4, 0.5) is 0 Å². The molecular formula is C20H20N2O2. The van der Waals surface area contributed by atoms with Crippen LogP contribution < -0.4 is 0 Å². The number of nitrogens with zero attached hydrogens (tertiary/aromatic N) is 2. The first kappa shape index (κ1) is 14.9. The van der Waals surface area contributed by atoms with E-state index in [9.17, 15) is 4.79 Å². The molecule has 2 aromatic rings. The summed E-state index contributed by atoms with van der Waals surface area (Å²) in [6.07, 6.45) is 2.21. The number of oxime groups is 1. The summed E-state index contributed by atoms with van der Waals surface area (Å²) in [7, 11) is 0. The van der Waals surface area contributed by atoms with Gasteiger partial charge in [-0.25, -0.2) is 0 Å². The molecular weight excluding hydrogens is 300 g/mol. The van der Waals surface area contributed by atoms with Crippen LogP contribution in [0.15, 0.2) is 59.8 Å². The molecule has 0 saturated heterocycles. The average molecular weight is 320 g/mol. The van der Waals surface area contributed by atoms with Crippen LogP contribution in [-0.4, -0.2) is 29.6 Å². The van der Waals surface area contributed by atoms with Crippen LogP contribution in [0.1, 0.15) is 29.2 Å². The van der Waals surface area contributed by atoms with Gasteiger partial charge in [-0.2, -0.15) is 0 Å². The van der Waals surface area contributed by atoms with Crippen molar-refractivity contribution >= 4 is 11.6 Å². The van der Waals surface area contributed by atoms with Crippen LogP contribution in [0.2, 0.25) is 0 Å². The van der Waals surface area contributed by atoms with Crippen molar-refractivity contribution in [2.24, 2.45) is 5.16 Å². The molecule has 0 N–H and O–H groups in total. The highest BCUT2D eigenvalue weighted by atomic mass is 16.6. The van der Waals surface area contributed by atoms with E-state index in [1.54, 1.807) is 0 Å². The molecule has 0 radical (unpaired) electrons. The number of amides is 1. The quantitative estimate of drug-likeness (QED) is 0.853. The first-order valence-corrected chi connectivity index (χ1v) is 8.45. The number of hydrogen-bond acceptors (Lipinski definition) is 3. The molecule has 1 unspecified atom stereocenters. The van der Waals surface area contributed by atoms with Crippen LogP contribution in [0.25, 0.3) is 0 Å². The van der Waals surface area contributed by atoms with Crippen molar-refractivity contribution in [3.8, 4) is 0 Å². The second kappa shape index (κ2) is 6.48. The first-order chi connectivity index (χ1) is 11.8. The van der Waals surface area contributed by atoms with Gasteiger partial charge in [-0.05, 0) is 29.5 Å². The highest BCUT2D eigenvalue weighted by molar-refractivity contribution is 6.39. The van der Waals surface area contributed by atoms with Crippen molar-refractivity contribution in [2.45, 2.75) is 25.4 Å². The van der Waals surface area contributed by atoms with Gasteiger partial charge < -0.3 is 9.74 Å². The van der Waals surface area contributed by atoms with Crippen LogP contribution in [0.5, 0.6) is 0 Å². The highest BCUT2D eigenvalue weighted by Crippen LogP contribution is 2.28. The normalized spacial score (nSPS) is 19.9. The maximum absolute atomic E-state index is 12.8. The van der Waals surface area contributed by atoms with Crippen LogP contribution in [-0.2, 0) is 22.5 Å². The second-order valence-electron chi connectivity index (χ2n) is 6.31. The van der Waals surface area contributed by atoms with Gasteiger partial charge in [0.15, 0.2) is 6.10 Å². The van der Waals surface area contributed by atoms with Gasteiger partial charge in [0.05, 0.1) is 0 Å². The van der Waals surface area contributed by atoms with Gasteiger partial charge in [-0.15, -0.1) is 0 Å². The molecule has 2 aliphatic rings. The molecule has 1 atom stereocenters. The molecule has 0 saturated carbocycles. The standard InChI is InChI=1S/C20H20N2O2/c23-20(18-14-19(24-21-18)17-8-2-1-3-9-17)22-12-10-15-6-4-5-7-16(15)11-13-22/h1-9,19H,10-14H2. The molecule has 2 aliphatic heterocycles. The summed E-state index contributed by atoms with van der Waals surface area (Å²) >= 11 is 0. The Labute approximate surface area is 141 Å². The summed E-state index contributed by atoms with van der Waals surface area (Å²) in [5.74, 6) is 0.0150. The number of benzene rings is 2. The third-order valence-corrected chi connectivity index (χ3v) is 4.79. The van der Waals surface area contributed by atoms with E-state index in [0.29, 0.717) is 12.1 Å². The number of carbonyl (C=O) groups excluding carboxylic acids is 1. The lowest BCUT2D eigenvalue weighted by molar-refractivity contribution is -0.124. The molecule has 0 aliphatic carbocycles. The topological polar surface area (TPSA) is 41.9 Å². The van der Waals surface area contributed by atoms with E-state index >= 15 is 0 Å². The predicted molar refractivity (Wildman–Crippen MR) is 92.8 cm³/mol. The molecule has 4 heteroatoms. The van der Waals surface area contributed by atoms with Gasteiger partial charge >= 0.3 is 0 Å². The SMILES string of the molecule is O=C(C1=NOC(c2ccccc2)C1)N1CCc2ccccc2CC1. The van der Waals surface area contributed by atoms with Crippen LogP contribution in [0, 0.1) is 0 Å². The molecule has 0 spiro atoms. The minimum absolute atomic E-state index is 0.0150. The molecule has 0 fully saturated rings. The van der Waals surface area contributed by atoms with Crippen molar-refractivity contribution in [3.05, 3.63) is 71.3 Å². The van der Waals surface area contributed by atoms with Crippen LogP contribution in [0.3, 0.4) is 0 Å². The van der Waals surface area contributed by atoms with Crippen molar-refractivity contribution in [1.29, 1.82) is 0 Å². The molecule has 2 heterocycles. The molecule has 1 amide bonds. The molecule has 2 aromatic carbocycles. The molecule has 0 bridgehead atoms. The second-order valence-corrected chi connectivity index (χ2v) is 6.31. The van der Waals surface area contributed by atoms with Gasteiger partial charge in [0.1, 0.15) is 5.71 Å². The Morgan fingerprint density at radius 3 is 2.25 bits per heavy atom. The summed E-state index contributed by atoms with van der Waals surface area (Å²) in [4.78, 5) is 20.2. The Hall–Kier alpha value is -2.62. The maximum Gasteiger partial charge on any atom is 0.271 e. The fourth-order valence-electron chi connectivity index (χ4n) is 3.40. The minimum atomic E-state index is -0.144. The highest BCUT2D eigenvalue weighted by Gasteiger charge is 2.30. The average Bonchev–Trinajstić information content (AvgIpc) is 3.03. The molecule has 24 heavy (non-hydrogen) atoms. The van der Waals surface area contributed by atoms with Crippen molar-refractivity contribution < 1.29 is 9.63 Å². The maximum atomic E-state index is 12.8. The first-order valence-electron chi connectivity index (χ1n) is 8.45. The lowest BCUT2D eigenvalue weighted by Gasteiger charge is -2.19. The Balaban J connectivity index is 1.42. The van der Waals surface area contributed by atoms with Gasteiger partial charge in [-0.1, -0.05) is 59.8 Å². The Kier molecular flexibility index (Phi) is 4.03. The van der Waals surface area contributed by atoms with Gasteiger partial charge in [0, 0.05) is 19.5 Å². The molecule has 4 rings (SSSR count). The lowest BCUT2D eigenvalue weighted by Crippen LogP contribution is -2.37.